The van der Waals surface area contributed by atoms with Crippen LogP contribution in [0.2, 0.25) is 5.15 Å². The SMILES string of the molecule is C=CCOc1cc(Cl)nc(C(F)(F)F)n1. The van der Waals surface area contributed by atoms with E-state index in [1.807, 2.05) is 0 Å². The third-order valence-electron chi connectivity index (χ3n) is 1.27. The predicted molar refractivity (Wildman–Crippen MR) is 47.7 cm³/mol. The molecule has 0 saturated carbocycles. The molecule has 0 aliphatic carbocycles. The molecule has 0 saturated heterocycles. The second-order valence-electron chi connectivity index (χ2n) is 2.45. The molecule has 82 valence electrons. The van der Waals surface area contributed by atoms with Gasteiger partial charge in [-0.3, -0.25) is 0 Å². The fourth-order valence-corrected chi connectivity index (χ4v) is 0.915. The van der Waals surface area contributed by atoms with Crippen molar-refractivity contribution in [1.29, 1.82) is 0 Å². The molecule has 0 aliphatic rings. The zero-order chi connectivity index (χ0) is 11.5. The molecule has 0 radical (unpaired) electrons. The Kier molecular flexibility index (Phi) is 3.52. The molecule has 0 N–H and O–H groups in total. The highest BCUT2D eigenvalue weighted by molar-refractivity contribution is 6.29. The minimum Gasteiger partial charge on any atom is -0.473 e. The Morgan fingerprint density at radius 2 is 2.13 bits per heavy atom. The monoisotopic (exact) mass is 238 g/mol. The zero-order valence-electron chi connectivity index (χ0n) is 7.38. The number of nitrogens with zero attached hydrogens (tertiary/aromatic N) is 2. The molecule has 0 unspecified atom stereocenters. The van der Waals surface area contributed by atoms with Crippen LogP contribution in [0, 0.1) is 0 Å². The number of aromatic nitrogens is 2. The summed E-state index contributed by atoms with van der Waals surface area (Å²) in [5.74, 6) is -1.56. The molecule has 1 rings (SSSR count). The summed E-state index contributed by atoms with van der Waals surface area (Å²) < 4.78 is 41.5. The van der Waals surface area contributed by atoms with Crippen LogP contribution in [0.25, 0.3) is 0 Å². The highest BCUT2D eigenvalue weighted by Crippen LogP contribution is 2.28. The van der Waals surface area contributed by atoms with Crippen molar-refractivity contribution >= 4 is 11.6 Å². The molecule has 0 bridgehead atoms. The Morgan fingerprint density at radius 1 is 1.47 bits per heavy atom. The van der Waals surface area contributed by atoms with Crippen LogP contribution in [0.3, 0.4) is 0 Å². The summed E-state index contributed by atoms with van der Waals surface area (Å²) in [6, 6.07) is 1.10. The summed E-state index contributed by atoms with van der Waals surface area (Å²) in [6.07, 6.45) is -3.26. The van der Waals surface area contributed by atoms with Crippen LogP contribution in [-0.2, 0) is 6.18 Å². The first-order valence-corrected chi connectivity index (χ1v) is 4.16. The Morgan fingerprint density at radius 3 is 2.67 bits per heavy atom. The van der Waals surface area contributed by atoms with Gasteiger partial charge in [-0.1, -0.05) is 24.3 Å². The van der Waals surface area contributed by atoms with E-state index in [1.54, 1.807) is 0 Å². The lowest BCUT2D eigenvalue weighted by atomic mass is 10.5. The van der Waals surface area contributed by atoms with Crippen LogP contribution >= 0.6 is 11.6 Å². The minimum absolute atomic E-state index is 0.0463. The lowest BCUT2D eigenvalue weighted by Crippen LogP contribution is -2.12. The van der Waals surface area contributed by atoms with Crippen molar-refractivity contribution in [2.24, 2.45) is 0 Å². The van der Waals surface area contributed by atoms with E-state index in [4.69, 9.17) is 16.3 Å². The molecule has 0 spiro atoms. The van der Waals surface area contributed by atoms with E-state index in [0.717, 1.165) is 6.07 Å². The number of hydrogen-bond acceptors (Lipinski definition) is 3. The Labute approximate surface area is 88.6 Å². The molecule has 0 aliphatic heterocycles. The second kappa shape index (κ2) is 4.48. The lowest BCUT2D eigenvalue weighted by Gasteiger charge is -2.07. The van der Waals surface area contributed by atoms with Crippen LogP contribution in [-0.4, -0.2) is 16.6 Å². The second-order valence-corrected chi connectivity index (χ2v) is 2.84. The standard InChI is InChI=1S/C8H6ClF3N2O/c1-2-3-15-6-4-5(9)13-7(14-6)8(10,11)12/h2,4H,1,3H2. The molecule has 7 heteroatoms. The molecule has 0 fully saturated rings. The van der Waals surface area contributed by atoms with Gasteiger partial charge in [0.2, 0.25) is 11.7 Å². The molecule has 1 heterocycles. The Bertz CT molecular complexity index is 367. The van der Waals surface area contributed by atoms with Crippen LogP contribution in [0.4, 0.5) is 13.2 Å². The maximum atomic E-state index is 12.2. The van der Waals surface area contributed by atoms with E-state index < -0.39 is 12.0 Å². The quantitative estimate of drug-likeness (QED) is 0.600. The van der Waals surface area contributed by atoms with Crippen molar-refractivity contribution in [2.75, 3.05) is 6.61 Å². The van der Waals surface area contributed by atoms with Gasteiger partial charge in [-0.15, -0.1) is 0 Å². The summed E-state index contributed by atoms with van der Waals surface area (Å²) in [6.45, 7) is 3.39. The third-order valence-corrected chi connectivity index (χ3v) is 1.47. The van der Waals surface area contributed by atoms with Crippen LogP contribution in [0.5, 0.6) is 5.88 Å². The summed E-state index contributed by atoms with van der Waals surface area (Å²) in [5.41, 5.74) is 0. The largest absolute Gasteiger partial charge is 0.473 e. The third kappa shape index (κ3) is 3.39. The van der Waals surface area contributed by atoms with Gasteiger partial charge in [0.1, 0.15) is 11.8 Å². The molecule has 0 aromatic carbocycles. The van der Waals surface area contributed by atoms with Gasteiger partial charge in [0.05, 0.1) is 0 Å². The van der Waals surface area contributed by atoms with E-state index in [9.17, 15) is 13.2 Å². The topological polar surface area (TPSA) is 35.0 Å². The van der Waals surface area contributed by atoms with Gasteiger partial charge in [0.15, 0.2) is 0 Å². The van der Waals surface area contributed by atoms with Crippen molar-refractivity contribution < 1.29 is 17.9 Å². The fourth-order valence-electron chi connectivity index (χ4n) is 0.742. The van der Waals surface area contributed by atoms with E-state index in [1.165, 1.54) is 6.08 Å². The Balaban J connectivity index is 3.00. The first-order chi connectivity index (χ1) is 6.93. The summed E-state index contributed by atoms with van der Waals surface area (Å²) >= 11 is 5.38. The smallest absolute Gasteiger partial charge is 0.451 e. The van der Waals surface area contributed by atoms with Crippen LogP contribution in [0.1, 0.15) is 5.82 Å². The van der Waals surface area contributed by atoms with Gasteiger partial charge in [-0.2, -0.15) is 18.2 Å². The van der Waals surface area contributed by atoms with Crippen LogP contribution in [0.15, 0.2) is 18.7 Å². The minimum atomic E-state index is -4.64. The van der Waals surface area contributed by atoms with Gasteiger partial charge in [-0.05, 0) is 0 Å². The van der Waals surface area contributed by atoms with Crippen molar-refractivity contribution in [3.05, 3.63) is 29.7 Å². The van der Waals surface area contributed by atoms with Crippen molar-refractivity contribution in [3.63, 3.8) is 0 Å². The number of hydrogen-bond donors (Lipinski definition) is 0. The maximum Gasteiger partial charge on any atom is 0.451 e. The van der Waals surface area contributed by atoms with E-state index in [0.29, 0.717) is 0 Å². The number of rotatable bonds is 3. The summed E-state index contributed by atoms with van der Waals surface area (Å²) in [5, 5.41) is -0.323. The maximum absolute atomic E-state index is 12.2. The predicted octanol–water partition coefficient (Wildman–Crippen LogP) is 2.71. The fraction of sp³-hybridized carbons (Fsp3) is 0.250. The van der Waals surface area contributed by atoms with Gasteiger partial charge in [-0.25, -0.2) is 4.98 Å². The molecule has 1 aromatic rings. The summed E-state index contributed by atoms with van der Waals surface area (Å²) in [4.78, 5) is 6.19. The van der Waals surface area contributed by atoms with E-state index in [-0.39, 0.29) is 17.6 Å². The molecular weight excluding hydrogens is 233 g/mol. The van der Waals surface area contributed by atoms with Crippen molar-refractivity contribution in [2.45, 2.75) is 6.18 Å². The molecule has 15 heavy (non-hydrogen) atoms. The highest BCUT2D eigenvalue weighted by Gasteiger charge is 2.35. The number of ether oxygens (including phenoxy) is 1. The van der Waals surface area contributed by atoms with Crippen molar-refractivity contribution in [3.8, 4) is 5.88 Å². The van der Waals surface area contributed by atoms with Gasteiger partial charge >= 0.3 is 6.18 Å². The average Bonchev–Trinajstić information content (AvgIpc) is 2.12. The molecule has 1 aromatic heterocycles. The molecular formula is C8H6ClF3N2O. The number of halogens is 4. The first-order valence-electron chi connectivity index (χ1n) is 3.79. The molecule has 0 atom stereocenters. The lowest BCUT2D eigenvalue weighted by molar-refractivity contribution is -0.145. The average molecular weight is 239 g/mol. The number of alkyl halides is 3. The van der Waals surface area contributed by atoms with Crippen LogP contribution < -0.4 is 4.74 Å². The molecule has 3 nitrogen and oxygen atoms in total. The van der Waals surface area contributed by atoms with E-state index >= 15 is 0 Å². The van der Waals surface area contributed by atoms with Gasteiger partial charge < -0.3 is 4.74 Å². The Hall–Kier alpha value is -1.30. The summed E-state index contributed by atoms with van der Waals surface area (Å²) in [7, 11) is 0. The first kappa shape index (κ1) is 11.8. The van der Waals surface area contributed by atoms with Gasteiger partial charge in [0, 0.05) is 6.07 Å². The zero-order valence-corrected chi connectivity index (χ0v) is 8.14. The normalized spacial score (nSPS) is 11.2. The highest BCUT2D eigenvalue weighted by atomic mass is 35.5. The van der Waals surface area contributed by atoms with Crippen molar-refractivity contribution in [1.82, 2.24) is 9.97 Å². The van der Waals surface area contributed by atoms with E-state index in [2.05, 4.69) is 16.5 Å². The molecule has 0 amide bonds. The van der Waals surface area contributed by atoms with Gasteiger partial charge in [0.25, 0.3) is 0 Å².